The van der Waals surface area contributed by atoms with Gasteiger partial charge in [-0.2, -0.15) is 0 Å². The van der Waals surface area contributed by atoms with Crippen molar-refractivity contribution in [1.82, 2.24) is 4.98 Å². The standard InChI is InChI=1S/C35H32FNO4S/c1-20-17-27-33(42-34(37-27)24-10-8-9-22(18-24)25-11-6-7-12-26(25)36)31(30(20)32(21(2)38)41-35(3,4)5)23-13-14-28-29(19-23)40-16-15-39-28/h6-14,17-19,32H,15-16H2,1-5H3/t32-/m1/s1. The van der Waals surface area contributed by atoms with Crippen LogP contribution in [0.25, 0.3) is 43.0 Å². The number of ether oxygens (including phenoxy) is 3. The van der Waals surface area contributed by atoms with E-state index in [4.69, 9.17) is 19.2 Å². The Morgan fingerprint density at radius 1 is 0.929 bits per heavy atom. The summed E-state index contributed by atoms with van der Waals surface area (Å²) in [5.74, 6) is 1.01. The zero-order valence-electron chi connectivity index (χ0n) is 24.3. The SMILES string of the molecule is CC(=O)[C@@H](OC(C)(C)C)c1c(C)cc2nc(-c3cccc(-c4ccccc4F)c3)sc2c1-c1ccc2c(c1)OCCO2. The lowest BCUT2D eigenvalue weighted by Gasteiger charge is -2.29. The molecule has 7 heteroatoms. The fraction of sp³-hybridized carbons (Fsp3) is 0.257. The summed E-state index contributed by atoms with van der Waals surface area (Å²) in [7, 11) is 0. The van der Waals surface area contributed by atoms with Crippen LogP contribution in [0, 0.1) is 12.7 Å². The van der Waals surface area contributed by atoms with Crippen molar-refractivity contribution in [3.05, 3.63) is 89.7 Å². The third-order valence-electron chi connectivity index (χ3n) is 7.16. The minimum absolute atomic E-state index is 0.0755. The molecule has 0 spiro atoms. The number of Topliss-reactive ketones (excluding diaryl/α,β-unsaturated/α-hetero) is 1. The van der Waals surface area contributed by atoms with Crippen LogP contribution in [0.4, 0.5) is 4.39 Å². The van der Waals surface area contributed by atoms with Gasteiger partial charge in [0.1, 0.15) is 30.1 Å². The van der Waals surface area contributed by atoms with Crippen LogP contribution >= 0.6 is 11.3 Å². The average molecular weight is 582 g/mol. The molecule has 2 heterocycles. The molecule has 4 aromatic carbocycles. The molecule has 0 N–H and O–H groups in total. The van der Waals surface area contributed by atoms with Crippen molar-refractivity contribution in [1.29, 1.82) is 0 Å². The van der Waals surface area contributed by atoms with E-state index in [0.717, 1.165) is 48.6 Å². The zero-order chi connectivity index (χ0) is 29.6. The monoisotopic (exact) mass is 581 g/mol. The largest absolute Gasteiger partial charge is 0.486 e. The number of fused-ring (bicyclic) bond motifs is 2. The third kappa shape index (κ3) is 5.42. The second kappa shape index (κ2) is 11.0. The average Bonchev–Trinajstić information content (AvgIpc) is 3.38. The quantitative estimate of drug-likeness (QED) is 0.200. The molecule has 0 bridgehead atoms. The molecule has 1 aliphatic heterocycles. The molecule has 1 atom stereocenters. The fourth-order valence-electron chi connectivity index (χ4n) is 5.37. The molecule has 0 saturated heterocycles. The molecule has 1 aromatic heterocycles. The smallest absolute Gasteiger partial charge is 0.163 e. The van der Waals surface area contributed by atoms with E-state index in [1.54, 1.807) is 30.4 Å². The maximum absolute atomic E-state index is 14.6. The molecule has 0 radical (unpaired) electrons. The van der Waals surface area contributed by atoms with Crippen LogP contribution in [0.1, 0.15) is 44.9 Å². The number of ketones is 1. The van der Waals surface area contributed by atoms with Crippen LogP contribution in [-0.2, 0) is 9.53 Å². The Balaban J connectivity index is 1.58. The van der Waals surface area contributed by atoms with E-state index in [9.17, 15) is 9.18 Å². The van der Waals surface area contributed by atoms with Crippen molar-refractivity contribution in [2.24, 2.45) is 0 Å². The Labute approximate surface area is 248 Å². The Hall–Kier alpha value is -4.07. The van der Waals surface area contributed by atoms with Gasteiger partial charge in [-0.05, 0) is 81.6 Å². The number of hydrogen-bond donors (Lipinski definition) is 0. The molecule has 5 nitrogen and oxygen atoms in total. The number of thiazole rings is 1. The summed E-state index contributed by atoms with van der Waals surface area (Å²) in [4.78, 5) is 18.2. The first-order chi connectivity index (χ1) is 20.1. The number of rotatable bonds is 6. The number of carbonyl (C=O) groups is 1. The van der Waals surface area contributed by atoms with Gasteiger partial charge in [-0.3, -0.25) is 4.79 Å². The van der Waals surface area contributed by atoms with Crippen molar-refractivity contribution in [2.75, 3.05) is 13.2 Å². The highest BCUT2D eigenvalue weighted by atomic mass is 32.1. The first-order valence-electron chi connectivity index (χ1n) is 14.0. The maximum atomic E-state index is 14.6. The van der Waals surface area contributed by atoms with E-state index < -0.39 is 11.7 Å². The van der Waals surface area contributed by atoms with Crippen molar-refractivity contribution in [2.45, 2.75) is 46.3 Å². The van der Waals surface area contributed by atoms with Gasteiger partial charge in [-0.15, -0.1) is 11.3 Å². The summed E-state index contributed by atoms with van der Waals surface area (Å²) < 4.78 is 33.7. The van der Waals surface area contributed by atoms with E-state index in [2.05, 4.69) is 0 Å². The lowest BCUT2D eigenvalue weighted by Crippen LogP contribution is -2.27. The minimum Gasteiger partial charge on any atom is -0.486 e. The van der Waals surface area contributed by atoms with Crippen LogP contribution in [0.2, 0.25) is 0 Å². The highest BCUT2D eigenvalue weighted by molar-refractivity contribution is 7.22. The molecule has 0 fully saturated rings. The number of carbonyl (C=O) groups excluding carboxylic acids is 1. The fourth-order valence-corrected chi connectivity index (χ4v) is 6.49. The molecular formula is C35H32FNO4S. The molecule has 1 aliphatic rings. The van der Waals surface area contributed by atoms with Crippen molar-refractivity contribution < 1.29 is 23.4 Å². The summed E-state index contributed by atoms with van der Waals surface area (Å²) in [5, 5.41) is 0.801. The van der Waals surface area contributed by atoms with Crippen LogP contribution < -0.4 is 9.47 Å². The van der Waals surface area contributed by atoms with Gasteiger partial charge >= 0.3 is 0 Å². The summed E-state index contributed by atoms with van der Waals surface area (Å²) >= 11 is 1.54. The second-order valence-corrected chi connectivity index (χ2v) is 12.5. The maximum Gasteiger partial charge on any atom is 0.163 e. The molecule has 0 aliphatic carbocycles. The number of halogens is 1. The van der Waals surface area contributed by atoms with E-state index in [-0.39, 0.29) is 11.6 Å². The van der Waals surface area contributed by atoms with Gasteiger partial charge < -0.3 is 14.2 Å². The lowest BCUT2D eigenvalue weighted by atomic mass is 9.89. The number of aryl methyl sites for hydroxylation is 1. The second-order valence-electron chi connectivity index (χ2n) is 11.5. The van der Waals surface area contributed by atoms with Crippen LogP contribution in [0.5, 0.6) is 11.5 Å². The van der Waals surface area contributed by atoms with Crippen LogP contribution in [0.15, 0.2) is 72.8 Å². The first-order valence-corrected chi connectivity index (χ1v) is 14.8. The van der Waals surface area contributed by atoms with Gasteiger partial charge in [0.15, 0.2) is 17.3 Å². The highest BCUT2D eigenvalue weighted by Crippen LogP contribution is 2.46. The predicted molar refractivity (Wildman–Crippen MR) is 166 cm³/mol. The van der Waals surface area contributed by atoms with Crippen LogP contribution in [-0.4, -0.2) is 29.6 Å². The minimum atomic E-state index is -0.771. The molecule has 5 aromatic rings. The van der Waals surface area contributed by atoms with Crippen molar-refractivity contribution in [3.63, 3.8) is 0 Å². The number of benzene rings is 4. The molecule has 214 valence electrons. The van der Waals surface area contributed by atoms with Crippen molar-refractivity contribution >= 4 is 27.3 Å². The van der Waals surface area contributed by atoms with Crippen LogP contribution in [0.3, 0.4) is 0 Å². The van der Waals surface area contributed by atoms with E-state index in [0.29, 0.717) is 30.3 Å². The molecule has 0 amide bonds. The summed E-state index contributed by atoms with van der Waals surface area (Å²) in [5.41, 5.74) is 5.98. The van der Waals surface area contributed by atoms with Gasteiger partial charge in [-0.25, -0.2) is 9.37 Å². The molecule has 0 unspecified atom stereocenters. The molecule has 6 rings (SSSR count). The molecule has 0 saturated carbocycles. The normalized spacial score (nSPS) is 13.8. The molecule has 42 heavy (non-hydrogen) atoms. The third-order valence-corrected chi connectivity index (χ3v) is 8.29. The van der Waals surface area contributed by atoms with Crippen molar-refractivity contribution in [3.8, 4) is 44.3 Å². The zero-order valence-corrected chi connectivity index (χ0v) is 25.1. The van der Waals surface area contributed by atoms with E-state index in [1.807, 2.05) is 82.3 Å². The van der Waals surface area contributed by atoms with E-state index in [1.165, 1.54) is 6.07 Å². The number of aromatic nitrogens is 1. The summed E-state index contributed by atoms with van der Waals surface area (Å²) in [6.07, 6.45) is -0.771. The molecular weight excluding hydrogens is 549 g/mol. The highest BCUT2D eigenvalue weighted by Gasteiger charge is 2.31. The Kier molecular flexibility index (Phi) is 7.33. The Morgan fingerprint density at radius 3 is 2.40 bits per heavy atom. The lowest BCUT2D eigenvalue weighted by molar-refractivity contribution is -0.138. The number of hydrogen-bond acceptors (Lipinski definition) is 6. The van der Waals surface area contributed by atoms with Gasteiger partial charge in [0.05, 0.1) is 15.8 Å². The van der Waals surface area contributed by atoms with Gasteiger partial charge in [0.25, 0.3) is 0 Å². The topological polar surface area (TPSA) is 57.7 Å². The predicted octanol–water partition coefficient (Wildman–Crippen LogP) is 8.96. The van der Waals surface area contributed by atoms with Gasteiger partial charge in [-0.1, -0.05) is 42.5 Å². The summed E-state index contributed by atoms with van der Waals surface area (Å²) in [6, 6.07) is 22.4. The van der Waals surface area contributed by atoms with Gasteiger partial charge in [0.2, 0.25) is 0 Å². The summed E-state index contributed by atoms with van der Waals surface area (Å²) in [6.45, 7) is 10.4. The van der Waals surface area contributed by atoms with E-state index >= 15 is 0 Å². The Bertz CT molecular complexity index is 1820. The first kappa shape index (κ1) is 28.1. The Morgan fingerprint density at radius 2 is 1.67 bits per heavy atom. The number of nitrogens with zero attached hydrogens (tertiary/aromatic N) is 1. The van der Waals surface area contributed by atoms with Gasteiger partial charge in [0, 0.05) is 22.3 Å².